The minimum absolute atomic E-state index is 0.110. The number of ether oxygens (including phenoxy) is 1. The van der Waals surface area contributed by atoms with E-state index in [1.807, 2.05) is 70.2 Å². The maximum atomic E-state index is 13.3. The third-order valence-corrected chi connectivity index (χ3v) is 5.16. The highest BCUT2D eigenvalue weighted by atomic mass is 19.3. The second-order valence-corrected chi connectivity index (χ2v) is 8.83. The number of nitrogens with one attached hydrogen (secondary N) is 2. The van der Waals surface area contributed by atoms with Gasteiger partial charge in [0.15, 0.2) is 5.65 Å². The molecule has 2 heterocycles. The van der Waals surface area contributed by atoms with Gasteiger partial charge in [-0.05, 0) is 41.2 Å². The lowest BCUT2D eigenvalue weighted by Gasteiger charge is -2.15. The number of rotatable bonds is 10. The van der Waals surface area contributed by atoms with Gasteiger partial charge in [0, 0.05) is 26.1 Å². The zero-order valence-corrected chi connectivity index (χ0v) is 25.7. The van der Waals surface area contributed by atoms with E-state index in [4.69, 9.17) is 4.74 Å². The van der Waals surface area contributed by atoms with Gasteiger partial charge < -0.3 is 15.4 Å². The minimum atomic E-state index is -3.24. The van der Waals surface area contributed by atoms with Gasteiger partial charge >= 0.3 is 6.11 Å². The predicted octanol–water partition coefficient (Wildman–Crippen LogP) is 9.10. The molecular weight excluding hydrogens is 522 g/mol. The number of nitrogens with zero attached hydrogens (tertiary/aromatic N) is 4. The highest BCUT2D eigenvalue weighted by Gasteiger charge is 2.23. The molecule has 4 aromatic rings. The Morgan fingerprint density at radius 2 is 1.68 bits per heavy atom. The zero-order chi connectivity index (χ0) is 30.8. The van der Waals surface area contributed by atoms with Crippen molar-refractivity contribution in [2.45, 2.75) is 74.5 Å². The van der Waals surface area contributed by atoms with Crippen LogP contribution in [0.3, 0.4) is 0 Å². The Balaban J connectivity index is 0.000000831. The lowest BCUT2D eigenvalue weighted by Crippen LogP contribution is -2.19. The van der Waals surface area contributed by atoms with E-state index in [1.54, 1.807) is 22.8 Å². The summed E-state index contributed by atoms with van der Waals surface area (Å²) in [6.45, 7) is 19.8. The van der Waals surface area contributed by atoms with Crippen LogP contribution in [0.1, 0.15) is 67.4 Å². The second-order valence-electron chi connectivity index (χ2n) is 8.83. The van der Waals surface area contributed by atoms with Crippen LogP contribution in [0.15, 0.2) is 73.4 Å². The van der Waals surface area contributed by atoms with E-state index in [9.17, 15) is 8.78 Å². The van der Waals surface area contributed by atoms with Crippen molar-refractivity contribution >= 4 is 17.5 Å². The molecular formula is C32H46F2N6O. The Bertz CT molecular complexity index is 1300. The summed E-state index contributed by atoms with van der Waals surface area (Å²) in [6.07, 6.45) is 1.30. The zero-order valence-electron chi connectivity index (χ0n) is 25.7. The molecule has 0 amide bonds. The topological polar surface area (TPSA) is 76.4 Å². The molecule has 0 radical (unpaired) electrons. The third kappa shape index (κ3) is 11.9. The fourth-order valence-corrected chi connectivity index (χ4v) is 3.32. The summed E-state index contributed by atoms with van der Waals surface area (Å²) in [5.41, 5.74) is 3.33. The molecule has 2 aromatic heterocycles. The molecule has 2 aromatic carbocycles. The first-order chi connectivity index (χ1) is 19.7. The predicted molar refractivity (Wildman–Crippen MR) is 168 cm³/mol. The van der Waals surface area contributed by atoms with E-state index in [0.29, 0.717) is 30.0 Å². The molecule has 224 valence electrons. The van der Waals surface area contributed by atoms with Crippen LogP contribution in [-0.4, -0.2) is 32.2 Å². The number of halogens is 2. The SMILES string of the molecule is C=CC(C)C.CC.CC.CCCNc1nc(NCc2ccccc2-c2cccc(OC(C)(F)F)c2)nc2ccnn12. The summed E-state index contributed by atoms with van der Waals surface area (Å²) in [4.78, 5) is 9.06. The Morgan fingerprint density at radius 3 is 2.32 bits per heavy atom. The van der Waals surface area contributed by atoms with Crippen LogP contribution in [0, 0.1) is 5.92 Å². The van der Waals surface area contributed by atoms with E-state index in [-0.39, 0.29) is 5.75 Å². The molecule has 0 aliphatic rings. The second kappa shape index (κ2) is 18.4. The van der Waals surface area contributed by atoms with Crippen molar-refractivity contribution in [1.29, 1.82) is 0 Å². The first kappa shape index (κ1) is 35.0. The van der Waals surface area contributed by atoms with Crippen molar-refractivity contribution < 1.29 is 13.5 Å². The van der Waals surface area contributed by atoms with Gasteiger partial charge in [-0.1, -0.05) is 90.9 Å². The van der Waals surface area contributed by atoms with Gasteiger partial charge in [-0.15, -0.1) is 6.58 Å². The number of hydrogen-bond acceptors (Lipinski definition) is 6. The van der Waals surface area contributed by atoms with Crippen LogP contribution < -0.4 is 15.4 Å². The number of benzene rings is 2. The summed E-state index contributed by atoms with van der Waals surface area (Å²) in [6, 6.07) is 16.2. The van der Waals surface area contributed by atoms with Crippen molar-refractivity contribution in [2.75, 3.05) is 17.2 Å². The van der Waals surface area contributed by atoms with Crippen molar-refractivity contribution in [3.8, 4) is 16.9 Å². The molecule has 0 aliphatic carbocycles. The average molecular weight is 569 g/mol. The smallest absolute Gasteiger partial charge is 0.394 e. The molecule has 0 unspecified atom stereocenters. The van der Waals surface area contributed by atoms with E-state index >= 15 is 0 Å². The van der Waals surface area contributed by atoms with Gasteiger partial charge in [-0.25, -0.2) is 0 Å². The quantitative estimate of drug-likeness (QED) is 0.186. The molecule has 9 heteroatoms. The number of aromatic nitrogens is 4. The largest absolute Gasteiger partial charge is 0.433 e. The summed E-state index contributed by atoms with van der Waals surface area (Å²) in [7, 11) is 0. The summed E-state index contributed by atoms with van der Waals surface area (Å²) >= 11 is 0. The monoisotopic (exact) mass is 568 g/mol. The van der Waals surface area contributed by atoms with Gasteiger partial charge in [0.25, 0.3) is 0 Å². The minimum Gasteiger partial charge on any atom is -0.433 e. The van der Waals surface area contributed by atoms with Crippen molar-refractivity contribution in [3.05, 3.63) is 79.0 Å². The third-order valence-electron chi connectivity index (χ3n) is 5.16. The van der Waals surface area contributed by atoms with Crippen LogP contribution in [0.25, 0.3) is 16.8 Å². The fraction of sp³-hybridized carbons (Fsp3) is 0.406. The van der Waals surface area contributed by atoms with E-state index in [1.165, 1.54) is 6.07 Å². The molecule has 4 rings (SSSR count). The van der Waals surface area contributed by atoms with Crippen LogP contribution in [-0.2, 0) is 6.54 Å². The molecule has 41 heavy (non-hydrogen) atoms. The summed E-state index contributed by atoms with van der Waals surface area (Å²) in [5, 5.41) is 10.8. The lowest BCUT2D eigenvalue weighted by atomic mass is 9.99. The molecule has 0 saturated heterocycles. The standard InChI is InChI=1S/C23H24F2N6O.C5H10.2C2H6/c1-3-12-26-22-30-21(29-20-11-13-28-31(20)22)27-15-17-7-4-5-10-19(17)16-8-6-9-18(14-16)32-23(2,24)25;1-4-5(2)3;2*1-2/h4-11,13-14H,3,12,15H2,1-2H3,(H2,26,27,29,30);4-5H,1H2,2-3H3;2*1-2H3. The van der Waals surface area contributed by atoms with Gasteiger partial charge in [-0.3, -0.25) is 0 Å². The van der Waals surface area contributed by atoms with Crippen LogP contribution in [0.2, 0.25) is 0 Å². The highest BCUT2D eigenvalue weighted by molar-refractivity contribution is 5.69. The first-order valence-electron chi connectivity index (χ1n) is 14.3. The Morgan fingerprint density at radius 1 is 1.00 bits per heavy atom. The molecule has 0 aliphatic heterocycles. The number of alkyl halides is 2. The molecule has 0 bridgehead atoms. The van der Waals surface area contributed by atoms with Crippen LogP contribution in [0.5, 0.6) is 5.75 Å². The summed E-state index contributed by atoms with van der Waals surface area (Å²) < 4.78 is 32.9. The van der Waals surface area contributed by atoms with Gasteiger partial charge in [0.05, 0.1) is 6.20 Å². The van der Waals surface area contributed by atoms with Crippen molar-refractivity contribution in [3.63, 3.8) is 0 Å². The maximum Gasteiger partial charge on any atom is 0.394 e. The molecule has 0 fully saturated rings. The number of allylic oxidation sites excluding steroid dienone is 1. The van der Waals surface area contributed by atoms with Gasteiger partial charge in [0.1, 0.15) is 5.75 Å². The maximum absolute atomic E-state index is 13.3. The van der Waals surface area contributed by atoms with Crippen molar-refractivity contribution in [2.24, 2.45) is 5.92 Å². The molecule has 0 saturated carbocycles. The first-order valence-corrected chi connectivity index (χ1v) is 14.3. The van der Waals surface area contributed by atoms with Crippen LogP contribution >= 0.6 is 0 Å². The fourth-order valence-electron chi connectivity index (χ4n) is 3.32. The number of fused-ring (bicyclic) bond motifs is 1. The van der Waals surface area contributed by atoms with Crippen LogP contribution in [0.4, 0.5) is 20.7 Å². The van der Waals surface area contributed by atoms with Gasteiger partial charge in [0.2, 0.25) is 11.9 Å². The Labute approximate surface area is 244 Å². The van der Waals surface area contributed by atoms with Crippen molar-refractivity contribution in [1.82, 2.24) is 19.6 Å². The molecule has 2 N–H and O–H groups in total. The Kier molecular flexibility index (Phi) is 15.7. The highest BCUT2D eigenvalue weighted by Crippen LogP contribution is 2.29. The molecule has 7 nitrogen and oxygen atoms in total. The van der Waals surface area contributed by atoms with Gasteiger partial charge in [-0.2, -0.15) is 28.4 Å². The van der Waals surface area contributed by atoms with E-state index in [2.05, 4.69) is 53.1 Å². The summed E-state index contributed by atoms with van der Waals surface area (Å²) in [5.74, 6) is 1.84. The average Bonchev–Trinajstić information content (AvgIpc) is 3.46. The normalized spacial score (nSPS) is 10.3. The van der Waals surface area contributed by atoms with E-state index in [0.717, 1.165) is 36.6 Å². The number of anilines is 2. The lowest BCUT2D eigenvalue weighted by molar-refractivity contribution is -0.158. The number of hydrogen-bond donors (Lipinski definition) is 2. The molecule has 0 atom stereocenters. The Hall–Kier alpha value is -4.01. The molecule has 0 spiro atoms. The van der Waals surface area contributed by atoms with E-state index < -0.39 is 6.11 Å².